The van der Waals surface area contributed by atoms with Crippen molar-refractivity contribution in [1.29, 1.82) is 0 Å². The molecule has 2 nitrogen and oxygen atoms in total. The summed E-state index contributed by atoms with van der Waals surface area (Å²) in [6.07, 6.45) is 0. The van der Waals surface area contributed by atoms with E-state index in [1.54, 1.807) is 6.07 Å². The van der Waals surface area contributed by atoms with E-state index in [2.05, 4.69) is 24.1 Å². The summed E-state index contributed by atoms with van der Waals surface area (Å²) in [7, 11) is 1.99. The van der Waals surface area contributed by atoms with Crippen LogP contribution in [0.3, 0.4) is 0 Å². The van der Waals surface area contributed by atoms with Crippen molar-refractivity contribution in [2.24, 2.45) is 0 Å². The zero-order valence-electron chi connectivity index (χ0n) is 10.5. The molecule has 90 valence electrons. The molecule has 0 bridgehead atoms. The minimum Gasteiger partial charge on any atom is -0.372 e. The Morgan fingerprint density at radius 1 is 1.38 bits per heavy atom. The molecule has 0 unspecified atom stereocenters. The van der Waals surface area contributed by atoms with E-state index < -0.39 is 0 Å². The third-order valence-electron chi connectivity index (χ3n) is 2.80. The van der Waals surface area contributed by atoms with Gasteiger partial charge in [0.2, 0.25) is 0 Å². The molecule has 0 aliphatic rings. The minimum absolute atomic E-state index is 0.133. The molecular formula is C13H21FN2. The molecular weight excluding hydrogens is 203 g/mol. The zero-order chi connectivity index (χ0) is 12.1. The molecule has 0 aliphatic heterocycles. The topological polar surface area (TPSA) is 15.3 Å². The zero-order valence-corrected chi connectivity index (χ0v) is 10.5. The summed E-state index contributed by atoms with van der Waals surface area (Å²) < 4.78 is 13.7. The largest absolute Gasteiger partial charge is 0.372 e. The molecule has 1 rings (SSSR count). The maximum Gasteiger partial charge on any atom is 0.129 e. The van der Waals surface area contributed by atoms with E-state index in [1.165, 1.54) is 6.07 Å². The van der Waals surface area contributed by atoms with Crippen LogP contribution in [0, 0.1) is 5.82 Å². The third-order valence-corrected chi connectivity index (χ3v) is 2.80. The molecule has 1 aromatic carbocycles. The van der Waals surface area contributed by atoms with E-state index in [-0.39, 0.29) is 5.82 Å². The van der Waals surface area contributed by atoms with Crippen LogP contribution in [0.15, 0.2) is 18.2 Å². The highest BCUT2D eigenvalue weighted by molar-refractivity contribution is 5.54. The summed E-state index contributed by atoms with van der Waals surface area (Å²) in [6.45, 7) is 7.64. The first-order chi connectivity index (χ1) is 7.57. The molecule has 0 fully saturated rings. The van der Waals surface area contributed by atoms with Crippen molar-refractivity contribution < 1.29 is 4.39 Å². The number of rotatable bonds is 5. The number of anilines is 1. The Bertz CT molecular complexity index is 337. The number of hydrogen-bond donors (Lipinski definition) is 1. The Morgan fingerprint density at radius 3 is 2.62 bits per heavy atom. The number of halogens is 1. The first-order valence-corrected chi connectivity index (χ1v) is 5.78. The molecule has 0 aromatic heterocycles. The molecule has 0 atom stereocenters. The highest BCUT2D eigenvalue weighted by Crippen LogP contribution is 2.23. The first kappa shape index (κ1) is 13.0. The van der Waals surface area contributed by atoms with Crippen molar-refractivity contribution in [3.63, 3.8) is 0 Å². The summed E-state index contributed by atoms with van der Waals surface area (Å²) in [5.74, 6) is -0.133. The number of benzene rings is 1. The lowest BCUT2D eigenvalue weighted by Gasteiger charge is -2.26. The monoisotopic (exact) mass is 224 g/mol. The summed E-state index contributed by atoms with van der Waals surface area (Å²) >= 11 is 0. The van der Waals surface area contributed by atoms with Gasteiger partial charge in [-0.15, -0.1) is 0 Å². The lowest BCUT2D eigenvalue weighted by molar-refractivity contribution is 0.590. The second kappa shape index (κ2) is 5.85. The van der Waals surface area contributed by atoms with Crippen LogP contribution in [0.1, 0.15) is 26.3 Å². The van der Waals surface area contributed by atoms with Crippen molar-refractivity contribution in [3.8, 4) is 0 Å². The smallest absolute Gasteiger partial charge is 0.129 e. The molecule has 0 aliphatic carbocycles. The molecule has 16 heavy (non-hydrogen) atoms. The van der Waals surface area contributed by atoms with Crippen molar-refractivity contribution in [2.45, 2.75) is 33.4 Å². The van der Waals surface area contributed by atoms with E-state index in [4.69, 9.17) is 0 Å². The maximum atomic E-state index is 13.7. The van der Waals surface area contributed by atoms with Crippen LogP contribution in [-0.4, -0.2) is 19.6 Å². The quantitative estimate of drug-likeness (QED) is 0.827. The molecule has 1 aromatic rings. The fourth-order valence-corrected chi connectivity index (χ4v) is 1.58. The van der Waals surface area contributed by atoms with Crippen molar-refractivity contribution in [1.82, 2.24) is 5.32 Å². The van der Waals surface area contributed by atoms with Gasteiger partial charge in [-0.25, -0.2) is 4.39 Å². The molecule has 0 amide bonds. The summed E-state index contributed by atoms with van der Waals surface area (Å²) in [5.41, 5.74) is 1.72. The molecule has 0 heterocycles. The normalized spacial score (nSPS) is 10.9. The van der Waals surface area contributed by atoms with Crippen LogP contribution in [0.5, 0.6) is 0 Å². The Labute approximate surface area is 97.5 Å². The predicted octanol–water partition coefficient (Wildman–Crippen LogP) is 2.78. The van der Waals surface area contributed by atoms with Gasteiger partial charge in [0, 0.05) is 30.9 Å². The average Bonchev–Trinajstić information content (AvgIpc) is 2.26. The van der Waals surface area contributed by atoms with Gasteiger partial charge in [-0.1, -0.05) is 13.0 Å². The fourth-order valence-electron chi connectivity index (χ4n) is 1.58. The fraction of sp³-hybridized carbons (Fsp3) is 0.538. The first-order valence-electron chi connectivity index (χ1n) is 5.78. The van der Waals surface area contributed by atoms with Gasteiger partial charge < -0.3 is 10.2 Å². The van der Waals surface area contributed by atoms with E-state index in [1.807, 2.05) is 20.0 Å². The molecule has 1 N–H and O–H groups in total. The SMILES string of the molecule is CCNCc1c(F)cccc1N(C)C(C)C. The average molecular weight is 224 g/mol. The highest BCUT2D eigenvalue weighted by atomic mass is 19.1. The summed E-state index contributed by atoms with van der Waals surface area (Å²) in [4.78, 5) is 2.09. The number of nitrogens with zero attached hydrogens (tertiary/aromatic N) is 1. The van der Waals surface area contributed by atoms with Gasteiger partial charge in [0.25, 0.3) is 0 Å². The lowest BCUT2D eigenvalue weighted by Crippen LogP contribution is -2.28. The van der Waals surface area contributed by atoms with Gasteiger partial charge >= 0.3 is 0 Å². The minimum atomic E-state index is -0.133. The van der Waals surface area contributed by atoms with Gasteiger partial charge in [0.1, 0.15) is 5.82 Å². The van der Waals surface area contributed by atoms with Gasteiger partial charge in [-0.2, -0.15) is 0 Å². The van der Waals surface area contributed by atoms with Crippen LogP contribution < -0.4 is 10.2 Å². The Morgan fingerprint density at radius 2 is 2.06 bits per heavy atom. The van der Waals surface area contributed by atoms with Crippen LogP contribution in [-0.2, 0) is 6.54 Å². The predicted molar refractivity (Wildman–Crippen MR) is 67.3 cm³/mol. The van der Waals surface area contributed by atoms with Crippen molar-refractivity contribution in [2.75, 3.05) is 18.5 Å². The number of hydrogen-bond acceptors (Lipinski definition) is 2. The van der Waals surface area contributed by atoms with E-state index in [0.29, 0.717) is 12.6 Å². The summed E-state index contributed by atoms with van der Waals surface area (Å²) in [5, 5.41) is 3.17. The van der Waals surface area contributed by atoms with Crippen LogP contribution in [0.4, 0.5) is 10.1 Å². The van der Waals surface area contributed by atoms with Gasteiger partial charge in [0.05, 0.1) is 0 Å². The van der Waals surface area contributed by atoms with Crippen molar-refractivity contribution >= 4 is 5.69 Å². The van der Waals surface area contributed by atoms with Gasteiger partial charge in [0.15, 0.2) is 0 Å². The van der Waals surface area contributed by atoms with Crippen LogP contribution >= 0.6 is 0 Å². The molecule has 0 saturated carbocycles. The Balaban J connectivity index is 3.02. The Hall–Kier alpha value is -1.09. The maximum absolute atomic E-state index is 13.7. The van der Waals surface area contributed by atoms with E-state index in [0.717, 1.165) is 17.8 Å². The summed E-state index contributed by atoms with van der Waals surface area (Å²) in [6, 6.07) is 5.61. The van der Waals surface area contributed by atoms with Crippen LogP contribution in [0.25, 0.3) is 0 Å². The highest BCUT2D eigenvalue weighted by Gasteiger charge is 2.13. The molecule has 0 saturated heterocycles. The molecule has 0 spiro atoms. The van der Waals surface area contributed by atoms with Crippen LogP contribution in [0.2, 0.25) is 0 Å². The van der Waals surface area contributed by atoms with Gasteiger partial charge in [-0.05, 0) is 32.5 Å². The van der Waals surface area contributed by atoms with Crippen molar-refractivity contribution in [3.05, 3.63) is 29.6 Å². The van der Waals surface area contributed by atoms with Gasteiger partial charge in [-0.3, -0.25) is 0 Å². The second-order valence-corrected chi connectivity index (χ2v) is 4.22. The standard InChI is InChI=1S/C13H21FN2/c1-5-15-9-11-12(14)7-6-8-13(11)16(4)10(2)3/h6-8,10,15H,5,9H2,1-4H3. The van der Waals surface area contributed by atoms with E-state index >= 15 is 0 Å². The molecule has 0 radical (unpaired) electrons. The molecule has 3 heteroatoms. The van der Waals surface area contributed by atoms with E-state index in [9.17, 15) is 4.39 Å². The lowest BCUT2D eigenvalue weighted by atomic mass is 10.1. The second-order valence-electron chi connectivity index (χ2n) is 4.22. The number of nitrogens with one attached hydrogen (secondary N) is 1. The third kappa shape index (κ3) is 2.95. The Kier molecular flexibility index (Phi) is 4.74.